The zero-order valence-electron chi connectivity index (χ0n) is 22.2. The number of nitrogens with zero attached hydrogens (tertiary/aromatic N) is 7. The van der Waals surface area contributed by atoms with E-state index in [9.17, 15) is 8.42 Å². The first kappa shape index (κ1) is 25.4. The number of ether oxygens (including phenoxy) is 1. The van der Waals surface area contributed by atoms with Crippen LogP contribution in [0.4, 0.5) is 5.69 Å². The molecule has 3 aliphatic heterocycles. The molecule has 0 N–H and O–H groups in total. The van der Waals surface area contributed by atoms with Gasteiger partial charge in [-0.05, 0) is 63.7 Å². The lowest BCUT2D eigenvalue weighted by Gasteiger charge is -2.38. The standard InChI is InChI=1S/C27H35N7O3S/c1-4-19-11-12-29-27(37-22-13-20-5-6-21(14-22)34(20)38(35,36)23-7-8-23)17(2)26(19)32-24-9-10-25(31-18(24)3)33-16-28-15-30-33/h9-11,15-17,20-23H,4-8,12-14H2,1-3H3. The second kappa shape index (κ2) is 10.00. The lowest BCUT2D eigenvalue weighted by molar-refractivity contribution is 0.0824. The molecule has 4 aliphatic rings. The van der Waals surface area contributed by atoms with Crippen LogP contribution in [0, 0.1) is 12.8 Å². The van der Waals surface area contributed by atoms with Crippen molar-refractivity contribution in [3.63, 3.8) is 0 Å². The molecule has 0 amide bonds. The number of aliphatic imine (C=N–C) groups is 2. The summed E-state index contributed by atoms with van der Waals surface area (Å²) in [7, 11) is -3.17. The molecule has 11 heteroatoms. The van der Waals surface area contributed by atoms with Gasteiger partial charge in [0.15, 0.2) is 11.7 Å². The number of piperidine rings is 1. The fourth-order valence-corrected chi connectivity index (χ4v) is 8.35. The zero-order chi connectivity index (χ0) is 26.4. The zero-order valence-corrected chi connectivity index (χ0v) is 23.0. The number of allylic oxidation sites excluding steroid dienone is 1. The molecule has 2 aromatic rings. The van der Waals surface area contributed by atoms with Crippen molar-refractivity contribution in [2.24, 2.45) is 15.9 Å². The minimum absolute atomic E-state index is 0.0332. The molecule has 3 fully saturated rings. The van der Waals surface area contributed by atoms with Gasteiger partial charge in [-0.15, -0.1) is 0 Å². The van der Waals surface area contributed by atoms with E-state index >= 15 is 0 Å². The normalized spacial score (nSPS) is 29.2. The average molecular weight is 538 g/mol. The van der Waals surface area contributed by atoms with Crippen molar-refractivity contribution in [3.8, 4) is 5.82 Å². The van der Waals surface area contributed by atoms with Gasteiger partial charge in [-0.25, -0.2) is 23.1 Å². The SMILES string of the molecule is CCC1=CCN=C(OC2CC3CCC(C2)N3S(=O)(=O)C2CC2)C(C)C1=Nc1ccc(-n2cncn2)nc1C. The molecule has 2 bridgehead atoms. The third kappa shape index (κ3) is 4.70. The molecule has 3 unspecified atom stereocenters. The lowest BCUT2D eigenvalue weighted by Crippen LogP contribution is -2.50. The van der Waals surface area contributed by atoms with Crippen LogP contribution in [-0.2, 0) is 14.8 Å². The summed E-state index contributed by atoms with van der Waals surface area (Å²) in [5.41, 5.74) is 3.70. The van der Waals surface area contributed by atoms with Crippen LogP contribution in [0.3, 0.4) is 0 Å². The summed E-state index contributed by atoms with van der Waals surface area (Å²) in [6.45, 7) is 6.72. The van der Waals surface area contributed by atoms with Crippen molar-refractivity contribution >= 4 is 27.3 Å². The summed E-state index contributed by atoms with van der Waals surface area (Å²) < 4.78 is 36.1. The van der Waals surface area contributed by atoms with Crippen LogP contribution in [0.5, 0.6) is 0 Å². The molecule has 2 saturated heterocycles. The maximum absolute atomic E-state index is 13.0. The van der Waals surface area contributed by atoms with Gasteiger partial charge < -0.3 is 4.74 Å². The van der Waals surface area contributed by atoms with Gasteiger partial charge in [-0.3, -0.25) is 9.98 Å². The van der Waals surface area contributed by atoms with Crippen molar-refractivity contribution in [1.29, 1.82) is 0 Å². The summed E-state index contributed by atoms with van der Waals surface area (Å²) in [5, 5.41) is 4.00. The minimum atomic E-state index is -3.17. The van der Waals surface area contributed by atoms with Gasteiger partial charge in [0.2, 0.25) is 10.0 Å². The summed E-state index contributed by atoms with van der Waals surface area (Å²) in [6, 6.07) is 3.94. The number of aryl methyl sites for hydroxylation is 1. The second-order valence-electron chi connectivity index (χ2n) is 10.8. The average Bonchev–Trinajstić information content (AvgIpc) is 3.58. The minimum Gasteiger partial charge on any atom is -0.477 e. The van der Waals surface area contributed by atoms with Gasteiger partial charge in [-0.2, -0.15) is 9.40 Å². The van der Waals surface area contributed by atoms with E-state index in [1.165, 1.54) is 6.33 Å². The van der Waals surface area contributed by atoms with Crippen LogP contribution in [0.2, 0.25) is 0 Å². The molecular weight excluding hydrogens is 502 g/mol. The first-order valence-corrected chi connectivity index (χ1v) is 15.2. The Kier molecular flexibility index (Phi) is 6.67. The Balaban J connectivity index is 1.21. The van der Waals surface area contributed by atoms with E-state index in [0.29, 0.717) is 18.3 Å². The third-order valence-corrected chi connectivity index (χ3v) is 10.7. The summed E-state index contributed by atoms with van der Waals surface area (Å²) in [5.74, 6) is 1.26. The van der Waals surface area contributed by atoms with E-state index in [1.54, 1.807) is 11.0 Å². The van der Waals surface area contributed by atoms with E-state index in [0.717, 1.165) is 67.6 Å². The maximum atomic E-state index is 13.0. The Labute approximate surface area is 224 Å². The first-order chi connectivity index (χ1) is 18.3. The van der Waals surface area contributed by atoms with E-state index in [4.69, 9.17) is 14.7 Å². The number of hydrogen-bond donors (Lipinski definition) is 0. The summed E-state index contributed by atoms with van der Waals surface area (Å²) in [6.07, 6.45) is 10.9. The molecule has 3 atom stereocenters. The van der Waals surface area contributed by atoms with Crippen LogP contribution in [0.25, 0.3) is 5.82 Å². The van der Waals surface area contributed by atoms with Crippen LogP contribution < -0.4 is 0 Å². The maximum Gasteiger partial charge on any atom is 0.217 e. The van der Waals surface area contributed by atoms with E-state index < -0.39 is 10.0 Å². The quantitative estimate of drug-likeness (QED) is 0.551. The molecule has 10 nitrogen and oxygen atoms in total. The highest BCUT2D eigenvalue weighted by molar-refractivity contribution is 7.90. The number of pyridine rings is 1. The van der Waals surface area contributed by atoms with Crippen molar-refractivity contribution < 1.29 is 13.2 Å². The monoisotopic (exact) mass is 537 g/mol. The highest BCUT2D eigenvalue weighted by Crippen LogP contribution is 2.43. The Morgan fingerprint density at radius 2 is 1.89 bits per heavy atom. The van der Waals surface area contributed by atoms with Gasteiger partial charge in [0, 0.05) is 24.9 Å². The largest absolute Gasteiger partial charge is 0.477 e. The Morgan fingerprint density at radius 3 is 2.53 bits per heavy atom. The van der Waals surface area contributed by atoms with Crippen molar-refractivity contribution in [2.45, 2.75) is 89.2 Å². The van der Waals surface area contributed by atoms with Crippen molar-refractivity contribution in [2.75, 3.05) is 6.54 Å². The molecule has 2 aromatic heterocycles. The number of fused-ring (bicyclic) bond motifs is 2. The highest BCUT2D eigenvalue weighted by atomic mass is 32.2. The van der Waals surface area contributed by atoms with Crippen LogP contribution in [-0.4, -0.2) is 74.1 Å². The number of sulfonamides is 1. The molecule has 1 saturated carbocycles. The molecule has 0 aromatic carbocycles. The highest BCUT2D eigenvalue weighted by Gasteiger charge is 2.52. The van der Waals surface area contributed by atoms with Gasteiger partial charge in [0.05, 0.1) is 34.8 Å². The number of hydrogen-bond acceptors (Lipinski definition) is 8. The Morgan fingerprint density at radius 1 is 1.13 bits per heavy atom. The molecule has 5 heterocycles. The molecule has 0 radical (unpaired) electrons. The van der Waals surface area contributed by atoms with Gasteiger partial charge >= 0.3 is 0 Å². The van der Waals surface area contributed by atoms with E-state index in [1.807, 2.05) is 23.4 Å². The summed E-state index contributed by atoms with van der Waals surface area (Å²) >= 11 is 0. The molecule has 202 valence electrons. The Hall–Kier alpha value is -2.92. The molecule has 0 spiro atoms. The third-order valence-electron chi connectivity index (χ3n) is 8.16. The van der Waals surface area contributed by atoms with E-state index in [2.05, 4.69) is 35.0 Å². The van der Waals surface area contributed by atoms with E-state index in [-0.39, 0.29) is 29.4 Å². The van der Waals surface area contributed by atoms with Gasteiger partial charge in [-0.1, -0.05) is 13.0 Å². The van der Waals surface area contributed by atoms with Gasteiger partial charge in [0.1, 0.15) is 18.8 Å². The first-order valence-electron chi connectivity index (χ1n) is 13.7. The predicted molar refractivity (Wildman–Crippen MR) is 146 cm³/mol. The van der Waals surface area contributed by atoms with Gasteiger partial charge in [0.25, 0.3) is 0 Å². The topological polar surface area (TPSA) is 115 Å². The second-order valence-corrected chi connectivity index (χ2v) is 12.9. The molecule has 38 heavy (non-hydrogen) atoms. The molecular formula is C27H35N7O3S. The Bertz CT molecular complexity index is 1380. The number of aromatic nitrogens is 4. The van der Waals surface area contributed by atoms with Crippen molar-refractivity contribution in [3.05, 3.63) is 42.1 Å². The van der Waals surface area contributed by atoms with Crippen LogP contribution >= 0.6 is 0 Å². The number of rotatable bonds is 6. The lowest BCUT2D eigenvalue weighted by atomic mass is 9.95. The predicted octanol–water partition coefficient (Wildman–Crippen LogP) is 3.93. The smallest absolute Gasteiger partial charge is 0.217 e. The molecule has 1 aliphatic carbocycles. The molecule has 6 rings (SSSR count). The fourth-order valence-electron chi connectivity index (χ4n) is 6.06. The fraction of sp³-hybridized carbons (Fsp3) is 0.593. The van der Waals surface area contributed by atoms with Crippen LogP contribution in [0.15, 0.2) is 46.4 Å². The van der Waals surface area contributed by atoms with Crippen molar-refractivity contribution in [1.82, 2.24) is 24.1 Å². The van der Waals surface area contributed by atoms with Crippen LogP contribution in [0.1, 0.15) is 64.5 Å². The summed E-state index contributed by atoms with van der Waals surface area (Å²) in [4.78, 5) is 18.6.